The van der Waals surface area contributed by atoms with Crippen LogP contribution < -0.4 is 4.72 Å². The lowest BCUT2D eigenvalue weighted by molar-refractivity contribution is 0.144. The number of hydrogen-bond acceptors (Lipinski definition) is 4. The molecule has 1 atom stereocenters. The first kappa shape index (κ1) is 16.7. The van der Waals surface area contributed by atoms with Crippen molar-refractivity contribution in [1.29, 1.82) is 0 Å². The molecule has 1 heterocycles. The van der Waals surface area contributed by atoms with Crippen LogP contribution in [0.5, 0.6) is 0 Å². The highest BCUT2D eigenvalue weighted by Crippen LogP contribution is 2.25. The molecule has 6 heteroatoms. The average molecular weight is 345 g/mol. The Morgan fingerprint density at radius 2 is 1.92 bits per heavy atom. The topological polar surface area (TPSA) is 79.5 Å². The molecule has 126 valence electrons. The van der Waals surface area contributed by atoms with Crippen molar-refractivity contribution in [3.63, 3.8) is 0 Å². The summed E-state index contributed by atoms with van der Waals surface area (Å²) in [5.74, 6) is 0.436. The van der Waals surface area contributed by atoms with Gasteiger partial charge >= 0.3 is 0 Å². The second-order valence-corrected chi connectivity index (χ2v) is 7.47. The summed E-state index contributed by atoms with van der Waals surface area (Å²) in [5, 5.41) is 11.1. The van der Waals surface area contributed by atoms with Crippen molar-refractivity contribution in [3.8, 4) is 0 Å². The van der Waals surface area contributed by atoms with Gasteiger partial charge in [-0.1, -0.05) is 30.3 Å². The maximum atomic E-state index is 12.2. The van der Waals surface area contributed by atoms with E-state index < -0.39 is 16.1 Å². The molecule has 0 unspecified atom stereocenters. The Bertz CT molecular complexity index is 913. The molecule has 2 aromatic carbocycles. The largest absolute Gasteiger partial charge is 0.458 e. The number of aryl methyl sites for hydroxylation is 1. The van der Waals surface area contributed by atoms with E-state index in [2.05, 4.69) is 4.72 Å². The maximum Gasteiger partial charge on any atom is 0.240 e. The number of fused-ring (bicyclic) bond motifs is 1. The van der Waals surface area contributed by atoms with Crippen LogP contribution in [0.15, 0.2) is 63.9 Å². The van der Waals surface area contributed by atoms with Gasteiger partial charge in [-0.25, -0.2) is 13.1 Å². The third-order valence-electron chi connectivity index (χ3n) is 3.78. The predicted octanol–water partition coefficient (Wildman–Crippen LogP) is 3.14. The molecule has 24 heavy (non-hydrogen) atoms. The molecule has 0 spiro atoms. The van der Waals surface area contributed by atoms with E-state index in [0.717, 1.165) is 10.9 Å². The Balaban J connectivity index is 1.63. The summed E-state index contributed by atoms with van der Waals surface area (Å²) < 4.78 is 32.5. The van der Waals surface area contributed by atoms with Gasteiger partial charge in [-0.15, -0.1) is 0 Å². The molecule has 0 aliphatic rings. The molecule has 0 aliphatic carbocycles. The summed E-state index contributed by atoms with van der Waals surface area (Å²) in [5.41, 5.74) is 1.58. The van der Waals surface area contributed by atoms with Crippen molar-refractivity contribution in [2.45, 2.75) is 24.3 Å². The number of furan rings is 1. The Kier molecular flexibility index (Phi) is 4.71. The quantitative estimate of drug-likeness (QED) is 0.719. The van der Waals surface area contributed by atoms with E-state index in [0.29, 0.717) is 11.3 Å². The van der Waals surface area contributed by atoms with Gasteiger partial charge in [-0.05, 0) is 43.2 Å². The lowest BCUT2D eigenvalue weighted by atomic mass is 10.2. The van der Waals surface area contributed by atoms with Crippen molar-refractivity contribution in [2.75, 3.05) is 6.54 Å². The summed E-state index contributed by atoms with van der Waals surface area (Å²) in [6, 6.07) is 15.9. The highest BCUT2D eigenvalue weighted by molar-refractivity contribution is 7.89. The SMILES string of the molecule is Cc1cccc(S(=O)(=O)NCC[C@H](O)c2cc3ccccc3o2)c1. The molecule has 2 N–H and O–H groups in total. The molecule has 3 rings (SSSR count). The van der Waals surface area contributed by atoms with Crippen molar-refractivity contribution in [2.24, 2.45) is 0 Å². The van der Waals surface area contributed by atoms with E-state index in [1.54, 1.807) is 24.3 Å². The number of aliphatic hydroxyl groups excluding tert-OH is 1. The molecular formula is C18H19NO4S. The van der Waals surface area contributed by atoms with E-state index in [9.17, 15) is 13.5 Å². The van der Waals surface area contributed by atoms with Crippen molar-refractivity contribution in [3.05, 3.63) is 65.9 Å². The number of aliphatic hydroxyl groups is 1. The van der Waals surface area contributed by atoms with Crippen LogP contribution in [-0.4, -0.2) is 20.1 Å². The van der Waals surface area contributed by atoms with Crippen molar-refractivity contribution in [1.82, 2.24) is 4.72 Å². The zero-order valence-electron chi connectivity index (χ0n) is 13.3. The predicted molar refractivity (Wildman–Crippen MR) is 92.2 cm³/mol. The zero-order valence-corrected chi connectivity index (χ0v) is 14.1. The van der Waals surface area contributed by atoms with Gasteiger partial charge < -0.3 is 9.52 Å². The van der Waals surface area contributed by atoms with Crippen LogP contribution >= 0.6 is 0 Å². The molecule has 0 fully saturated rings. The van der Waals surface area contributed by atoms with E-state index in [1.165, 1.54) is 0 Å². The molecule has 0 bridgehead atoms. The van der Waals surface area contributed by atoms with Crippen LogP contribution in [0.2, 0.25) is 0 Å². The minimum Gasteiger partial charge on any atom is -0.458 e. The van der Waals surface area contributed by atoms with Crippen LogP contribution in [0.3, 0.4) is 0 Å². The van der Waals surface area contributed by atoms with Gasteiger partial charge in [-0.3, -0.25) is 0 Å². The van der Waals surface area contributed by atoms with Crippen LogP contribution in [0.25, 0.3) is 11.0 Å². The third kappa shape index (κ3) is 3.67. The Morgan fingerprint density at radius 1 is 1.12 bits per heavy atom. The lowest BCUT2D eigenvalue weighted by Crippen LogP contribution is -2.26. The van der Waals surface area contributed by atoms with Gasteiger partial charge in [0.2, 0.25) is 10.0 Å². The minimum atomic E-state index is -3.58. The summed E-state index contributed by atoms with van der Waals surface area (Å²) >= 11 is 0. The molecule has 5 nitrogen and oxygen atoms in total. The second kappa shape index (κ2) is 6.76. The molecular weight excluding hydrogens is 326 g/mol. The molecule has 0 saturated carbocycles. The van der Waals surface area contributed by atoms with Crippen LogP contribution in [0.1, 0.15) is 23.8 Å². The summed E-state index contributed by atoms with van der Waals surface area (Å²) in [7, 11) is -3.58. The van der Waals surface area contributed by atoms with Crippen molar-refractivity contribution >= 4 is 21.0 Å². The minimum absolute atomic E-state index is 0.120. The van der Waals surface area contributed by atoms with E-state index in [-0.39, 0.29) is 17.9 Å². The average Bonchev–Trinajstić information content (AvgIpc) is 2.99. The second-order valence-electron chi connectivity index (χ2n) is 5.71. The number of benzene rings is 2. The van der Waals surface area contributed by atoms with Crippen LogP contribution in [-0.2, 0) is 10.0 Å². The van der Waals surface area contributed by atoms with Crippen LogP contribution in [0, 0.1) is 6.92 Å². The van der Waals surface area contributed by atoms with Crippen molar-refractivity contribution < 1.29 is 17.9 Å². The first-order valence-electron chi connectivity index (χ1n) is 7.68. The highest BCUT2D eigenvalue weighted by atomic mass is 32.2. The van der Waals surface area contributed by atoms with Gasteiger partial charge in [0, 0.05) is 11.9 Å². The monoisotopic (exact) mass is 345 g/mol. The fourth-order valence-electron chi connectivity index (χ4n) is 2.50. The smallest absolute Gasteiger partial charge is 0.240 e. The third-order valence-corrected chi connectivity index (χ3v) is 5.24. The van der Waals surface area contributed by atoms with Gasteiger partial charge in [-0.2, -0.15) is 0 Å². The maximum absolute atomic E-state index is 12.2. The normalized spacial score (nSPS) is 13.2. The lowest BCUT2D eigenvalue weighted by Gasteiger charge is -2.10. The first-order chi connectivity index (χ1) is 11.5. The number of hydrogen-bond donors (Lipinski definition) is 2. The van der Waals surface area contributed by atoms with E-state index >= 15 is 0 Å². The first-order valence-corrected chi connectivity index (χ1v) is 9.17. The van der Waals surface area contributed by atoms with E-state index in [1.807, 2.05) is 37.3 Å². The number of para-hydroxylation sites is 1. The molecule has 0 aliphatic heterocycles. The Morgan fingerprint density at radius 3 is 2.67 bits per heavy atom. The summed E-state index contributed by atoms with van der Waals surface area (Å²) in [6.45, 7) is 1.96. The number of nitrogens with one attached hydrogen (secondary N) is 1. The summed E-state index contributed by atoms with van der Waals surface area (Å²) in [4.78, 5) is 0.223. The fraction of sp³-hybridized carbons (Fsp3) is 0.222. The van der Waals surface area contributed by atoms with Gasteiger partial charge in [0.1, 0.15) is 17.4 Å². The van der Waals surface area contributed by atoms with E-state index in [4.69, 9.17) is 4.42 Å². The molecule has 3 aromatic rings. The molecule has 1 aromatic heterocycles. The summed E-state index contributed by atoms with van der Waals surface area (Å²) in [6.07, 6.45) is -0.636. The van der Waals surface area contributed by atoms with Gasteiger partial charge in [0.15, 0.2) is 0 Å². The number of sulfonamides is 1. The van der Waals surface area contributed by atoms with Crippen LogP contribution in [0.4, 0.5) is 0 Å². The standard InChI is InChI=1S/C18H19NO4S/c1-13-5-4-7-15(11-13)24(21,22)19-10-9-16(20)18-12-14-6-2-3-8-17(14)23-18/h2-8,11-12,16,19-20H,9-10H2,1H3/t16-/m0/s1. The van der Waals surface area contributed by atoms with Gasteiger partial charge in [0.05, 0.1) is 4.90 Å². The molecule has 0 amide bonds. The number of rotatable bonds is 6. The highest BCUT2D eigenvalue weighted by Gasteiger charge is 2.17. The zero-order chi connectivity index (χ0) is 17.2. The fourth-order valence-corrected chi connectivity index (χ4v) is 3.66. The Hall–Kier alpha value is -2.15. The Labute approximate surface area is 141 Å². The molecule has 0 saturated heterocycles. The molecule has 0 radical (unpaired) electrons. The van der Waals surface area contributed by atoms with Gasteiger partial charge in [0.25, 0.3) is 0 Å².